The molecule has 1 aliphatic carbocycles. The molecule has 2 aliphatic rings. The van der Waals surface area contributed by atoms with Gasteiger partial charge in [-0.1, -0.05) is 0 Å². The summed E-state index contributed by atoms with van der Waals surface area (Å²) < 4.78 is 50.0. The molecule has 188 valence electrons. The van der Waals surface area contributed by atoms with Gasteiger partial charge in [-0.15, -0.1) is 0 Å². The summed E-state index contributed by atoms with van der Waals surface area (Å²) in [4.78, 5) is 24.2. The lowest BCUT2D eigenvalue weighted by molar-refractivity contribution is -0.132. The Morgan fingerprint density at radius 2 is 1.74 bits per heavy atom. The van der Waals surface area contributed by atoms with Crippen LogP contribution in [0.4, 0.5) is 4.39 Å². The summed E-state index contributed by atoms with van der Waals surface area (Å²) in [6.45, 7) is 1.50. The Kier molecular flexibility index (Phi) is 6.85. The van der Waals surface area contributed by atoms with Crippen molar-refractivity contribution in [3.63, 3.8) is 0 Å². The van der Waals surface area contributed by atoms with Crippen LogP contribution in [0.15, 0.2) is 47.4 Å². The Balaban J connectivity index is 1.59. The number of amides is 1. The van der Waals surface area contributed by atoms with E-state index in [0.717, 1.165) is 32.0 Å². The topological polar surface area (TPSA) is 131 Å². The predicted molar refractivity (Wildman–Crippen MR) is 122 cm³/mol. The zero-order valence-corrected chi connectivity index (χ0v) is 20.0. The van der Waals surface area contributed by atoms with Gasteiger partial charge in [0.15, 0.2) is 26.2 Å². The number of carbonyl (C=O) groups excluding carboxylic acids is 2. The first-order valence-corrected chi connectivity index (χ1v) is 12.7. The van der Waals surface area contributed by atoms with E-state index in [-0.39, 0.29) is 40.2 Å². The minimum absolute atomic E-state index is 0.0225. The highest BCUT2D eigenvalue weighted by Crippen LogP contribution is 2.54. The summed E-state index contributed by atoms with van der Waals surface area (Å²) >= 11 is 0. The molecular formula is C24H27FN2O7S. The molecule has 0 aromatic heterocycles. The number of hydrogen-bond donors (Lipinski definition) is 3. The van der Waals surface area contributed by atoms with Crippen LogP contribution in [0.2, 0.25) is 0 Å². The summed E-state index contributed by atoms with van der Waals surface area (Å²) in [5, 5.41) is 12.7. The highest BCUT2D eigenvalue weighted by molar-refractivity contribution is 7.93. The fourth-order valence-electron chi connectivity index (χ4n) is 5.15. The smallest absolute Gasteiger partial charge is 0.337 e. The second kappa shape index (κ2) is 9.56. The number of ether oxygens (including phenoxy) is 2. The normalized spacial score (nSPS) is 21.5. The SMILES string of the molecule is COC(=O)c1ccc(Oc2ccc(S(=O)(=O)C3(C(=O)NO)CCC4(CCNCC4)C3)cc2)c(F)c1. The van der Waals surface area contributed by atoms with Crippen LogP contribution in [0.3, 0.4) is 0 Å². The molecule has 1 saturated heterocycles. The van der Waals surface area contributed by atoms with Gasteiger partial charge in [-0.05, 0) is 93.1 Å². The van der Waals surface area contributed by atoms with Crippen LogP contribution in [0.1, 0.15) is 42.5 Å². The van der Waals surface area contributed by atoms with Crippen molar-refractivity contribution in [2.45, 2.75) is 41.7 Å². The molecule has 1 amide bonds. The Labute approximate surface area is 202 Å². The Hall–Kier alpha value is -3.02. The molecule has 1 spiro atoms. The summed E-state index contributed by atoms with van der Waals surface area (Å²) in [6.07, 6.45) is 2.33. The van der Waals surface area contributed by atoms with Gasteiger partial charge in [0.2, 0.25) is 0 Å². The van der Waals surface area contributed by atoms with Gasteiger partial charge in [-0.25, -0.2) is 23.1 Å². The van der Waals surface area contributed by atoms with Crippen LogP contribution in [0, 0.1) is 11.2 Å². The summed E-state index contributed by atoms with van der Waals surface area (Å²) in [6, 6.07) is 8.91. The molecule has 1 saturated carbocycles. The van der Waals surface area contributed by atoms with Crippen molar-refractivity contribution >= 4 is 21.7 Å². The van der Waals surface area contributed by atoms with E-state index in [0.29, 0.717) is 6.42 Å². The molecule has 9 nitrogen and oxygen atoms in total. The summed E-state index contributed by atoms with van der Waals surface area (Å²) in [5.74, 6) is -2.41. The van der Waals surface area contributed by atoms with E-state index >= 15 is 0 Å². The van der Waals surface area contributed by atoms with Crippen LogP contribution in [0.5, 0.6) is 11.5 Å². The number of esters is 1. The molecule has 1 atom stereocenters. The second-order valence-corrected chi connectivity index (χ2v) is 11.3. The molecule has 11 heteroatoms. The predicted octanol–water partition coefficient (Wildman–Crippen LogP) is 2.98. The van der Waals surface area contributed by atoms with Crippen molar-refractivity contribution in [3.05, 3.63) is 53.8 Å². The molecule has 1 aliphatic heterocycles. The van der Waals surface area contributed by atoms with Crippen molar-refractivity contribution in [3.8, 4) is 11.5 Å². The van der Waals surface area contributed by atoms with Gasteiger partial charge < -0.3 is 14.8 Å². The second-order valence-electron chi connectivity index (χ2n) is 9.08. The molecular weight excluding hydrogens is 479 g/mol. The van der Waals surface area contributed by atoms with Crippen LogP contribution in [0.25, 0.3) is 0 Å². The number of hydroxylamine groups is 1. The number of carbonyl (C=O) groups is 2. The lowest BCUT2D eigenvalue weighted by atomic mass is 9.77. The molecule has 35 heavy (non-hydrogen) atoms. The number of halogens is 1. The summed E-state index contributed by atoms with van der Waals surface area (Å²) in [5.41, 5.74) is 1.33. The molecule has 1 heterocycles. The minimum Gasteiger partial charge on any atom is -0.465 e. The Bertz CT molecular complexity index is 1230. The molecule has 0 radical (unpaired) electrons. The third-order valence-corrected chi connectivity index (χ3v) is 9.58. The zero-order valence-electron chi connectivity index (χ0n) is 19.2. The summed E-state index contributed by atoms with van der Waals surface area (Å²) in [7, 11) is -2.99. The van der Waals surface area contributed by atoms with E-state index in [9.17, 15) is 27.6 Å². The van der Waals surface area contributed by atoms with E-state index in [1.165, 1.54) is 43.5 Å². The maximum atomic E-state index is 14.4. The van der Waals surface area contributed by atoms with Gasteiger partial charge in [0.25, 0.3) is 5.91 Å². The van der Waals surface area contributed by atoms with Crippen LogP contribution in [-0.2, 0) is 19.4 Å². The highest BCUT2D eigenvalue weighted by atomic mass is 32.2. The zero-order chi connectivity index (χ0) is 25.3. The first-order valence-electron chi connectivity index (χ1n) is 11.2. The van der Waals surface area contributed by atoms with Crippen molar-refractivity contribution in [2.24, 2.45) is 5.41 Å². The number of piperidine rings is 1. The number of methoxy groups -OCH3 is 1. The standard InChI is InChI=1S/C24H27FN2O7S/c1-33-21(28)16-2-7-20(19(25)14-16)34-17-3-5-18(6-4-17)35(31,32)24(22(29)27-30)9-8-23(15-24)10-12-26-13-11-23/h2-7,14,26,30H,8-13,15H2,1H3,(H,27,29). The van der Waals surface area contributed by atoms with Crippen molar-refractivity contribution < 1.29 is 37.1 Å². The van der Waals surface area contributed by atoms with Gasteiger partial charge in [0.1, 0.15) is 5.75 Å². The quantitative estimate of drug-likeness (QED) is 0.310. The average molecular weight is 507 g/mol. The molecule has 2 aromatic rings. The third kappa shape index (κ3) is 4.51. The van der Waals surface area contributed by atoms with Gasteiger partial charge in [-0.3, -0.25) is 10.0 Å². The molecule has 2 aromatic carbocycles. The monoisotopic (exact) mass is 506 g/mol. The van der Waals surface area contributed by atoms with E-state index in [1.54, 1.807) is 5.48 Å². The first kappa shape index (κ1) is 25.1. The van der Waals surface area contributed by atoms with E-state index in [2.05, 4.69) is 10.1 Å². The average Bonchev–Trinajstić information content (AvgIpc) is 3.25. The maximum Gasteiger partial charge on any atom is 0.337 e. The lowest BCUT2D eigenvalue weighted by Gasteiger charge is -2.36. The lowest BCUT2D eigenvalue weighted by Crippen LogP contribution is -2.51. The number of rotatable bonds is 6. The number of benzene rings is 2. The fourth-order valence-corrected chi connectivity index (χ4v) is 7.25. The number of nitrogens with one attached hydrogen (secondary N) is 2. The Morgan fingerprint density at radius 3 is 2.34 bits per heavy atom. The number of sulfone groups is 1. The Morgan fingerprint density at radius 1 is 1.06 bits per heavy atom. The molecule has 3 N–H and O–H groups in total. The van der Waals surface area contributed by atoms with Crippen LogP contribution >= 0.6 is 0 Å². The van der Waals surface area contributed by atoms with Gasteiger partial charge in [0, 0.05) is 0 Å². The van der Waals surface area contributed by atoms with E-state index in [1.807, 2.05) is 0 Å². The van der Waals surface area contributed by atoms with Gasteiger partial charge >= 0.3 is 5.97 Å². The van der Waals surface area contributed by atoms with Gasteiger partial charge in [0.05, 0.1) is 17.6 Å². The highest BCUT2D eigenvalue weighted by Gasteiger charge is 2.60. The van der Waals surface area contributed by atoms with Crippen molar-refractivity contribution in [2.75, 3.05) is 20.2 Å². The van der Waals surface area contributed by atoms with Crippen LogP contribution < -0.4 is 15.5 Å². The fraction of sp³-hybridized carbons (Fsp3) is 0.417. The largest absolute Gasteiger partial charge is 0.465 e. The molecule has 0 bridgehead atoms. The number of hydrogen-bond acceptors (Lipinski definition) is 8. The van der Waals surface area contributed by atoms with Gasteiger partial charge in [-0.2, -0.15) is 0 Å². The van der Waals surface area contributed by atoms with E-state index in [4.69, 9.17) is 4.74 Å². The van der Waals surface area contributed by atoms with Crippen molar-refractivity contribution in [1.29, 1.82) is 0 Å². The molecule has 4 rings (SSSR count). The molecule has 2 fully saturated rings. The van der Waals surface area contributed by atoms with Crippen molar-refractivity contribution in [1.82, 2.24) is 10.8 Å². The first-order chi connectivity index (χ1) is 16.7. The third-order valence-electron chi connectivity index (χ3n) is 7.13. The van der Waals surface area contributed by atoms with Crippen LogP contribution in [-0.4, -0.2) is 50.4 Å². The minimum atomic E-state index is -4.18. The maximum absolute atomic E-state index is 14.4. The molecule has 1 unspecified atom stereocenters. The van der Waals surface area contributed by atoms with E-state index < -0.39 is 32.3 Å².